The van der Waals surface area contributed by atoms with Crippen molar-refractivity contribution in [2.75, 3.05) is 37.2 Å². The minimum atomic E-state index is -1.12. The molecule has 0 bridgehead atoms. The molecule has 0 aliphatic carbocycles. The van der Waals surface area contributed by atoms with Gasteiger partial charge in [0.05, 0.1) is 30.9 Å². The molecule has 1 unspecified atom stereocenters. The molecule has 240 valence electrons. The number of likely N-dealkylation sites (tertiary alicyclic amines) is 1. The Labute approximate surface area is 259 Å². The van der Waals surface area contributed by atoms with Gasteiger partial charge in [-0.05, 0) is 37.7 Å². The van der Waals surface area contributed by atoms with E-state index in [1.165, 1.54) is 12.0 Å². The Kier molecular flexibility index (Phi) is 9.74. The SMILES string of the molecule is COCO[C@H]1CN(C(=O)OC(C)(C)C)C[C@@H]1Nc1cc(N(C(=O)O)C(c2ccccc2)C(C)(C)C)n2ncc(C(C)C)c2n1. The van der Waals surface area contributed by atoms with E-state index in [-0.39, 0.29) is 25.3 Å². The monoisotopic (exact) mass is 610 g/mol. The number of amides is 2. The van der Waals surface area contributed by atoms with E-state index in [9.17, 15) is 14.7 Å². The number of hydrogen-bond donors (Lipinski definition) is 2. The topological polar surface area (TPSA) is 131 Å². The van der Waals surface area contributed by atoms with Crippen LogP contribution in [0.25, 0.3) is 5.65 Å². The van der Waals surface area contributed by atoms with Gasteiger partial charge in [0.2, 0.25) is 0 Å². The Morgan fingerprint density at radius 2 is 1.80 bits per heavy atom. The van der Waals surface area contributed by atoms with Gasteiger partial charge in [0.25, 0.3) is 0 Å². The number of nitrogens with zero attached hydrogens (tertiary/aromatic N) is 5. The minimum absolute atomic E-state index is 0.0416. The van der Waals surface area contributed by atoms with Crippen LogP contribution < -0.4 is 10.2 Å². The number of rotatable bonds is 9. The van der Waals surface area contributed by atoms with Gasteiger partial charge in [0, 0.05) is 25.3 Å². The second-order valence-electron chi connectivity index (χ2n) is 13.6. The maximum absolute atomic E-state index is 13.2. The van der Waals surface area contributed by atoms with Crippen LogP contribution in [0.3, 0.4) is 0 Å². The van der Waals surface area contributed by atoms with E-state index in [0.717, 1.165) is 11.1 Å². The van der Waals surface area contributed by atoms with E-state index in [0.29, 0.717) is 23.8 Å². The number of ether oxygens (including phenoxy) is 3. The van der Waals surface area contributed by atoms with E-state index in [4.69, 9.17) is 19.2 Å². The fraction of sp³-hybridized carbons (Fsp3) is 0.562. The number of anilines is 2. The molecular weight excluding hydrogens is 564 g/mol. The first-order chi connectivity index (χ1) is 20.6. The predicted octanol–water partition coefficient (Wildman–Crippen LogP) is 6.14. The summed E-state index contributed by atoms with van der Waals surface area (Å²) in [6.07, 6.45) is -0.255. The molecule has 1 aliphatic heterocycles. The van der Waals surface area contributed by atoms with E-state index in [1.807, 2.05) is 85.7 Å². The Morgan fingerprint density at radius 3 is 2.36 bits per heavy atom. The molecule has 44 heavy (non-hydrogen) atoms. The van der Waals surface area contributed by atoms with Gasteiger partial charge in [-0.3, -0.25) is 4.90 Å². The summed E-state index contributed by atoms with van der Waals surface area (Å²) >= 11 is 0. The highest BCUT2D eigenvalue weighted by atomic mass is 16.7. The van der Waals surface area contributed by atoms with Crippen LogP contribution in [0.1, 0.15) is 78.5 Å². The van der Waals surface area contributed by atoms with Gasteiger partial charge < -0.3 is 29.5 Å². The van der Waals surface area contributed by atoms with Crippen LogP contribution in [0, 0.1) is 5.41 Å². The van der Waals surface area contributed by atoms with Gasteiger partial charge in [-0.25, -0.2) is 14.6 Å². The summed E-state index contributed by atoms with van der Waals surface area (Å²) in [5, 5.41) is 18.8. The first-order valence-corrected chi connectivity index (χ1v) is 14.9. The summed E-state index contributed by atoms with van der Waals surface area (Å²) in [7, 11) is 1.54. The summed E-state index contributed by atoms with van der Waals surface area (Å²) in [6, 6.07) is 10.4. The number of benzene rings is 1. The second kappa shape index (κ2) is 13.0. The predicted molar refractivity (Wildman–Crippen MR) is 168 cm³/mol. The quantitative estimate of drug-likeness (QED) is 0.274. The van der Waals surface area contributed by atoms with E-state index >= 15 is 0 Å². The number of carboxylic acid groups (broad SMARTS) is 1. The summed E-state index contributed by atoms with van der Waals surface area (Å²) in [6.45, 7) is 16.2. The maximum Gasteiger partial charge on any atom is 0.413 e. The third kappa shape index (κ3) is 7.41. The standard InChI is InChI=1S/C32H46N6O6/c1-20(2)22-16-33-38-26(37(29(39)40)27(31(3,4)5)21-13-11-10-12-14-21)15-25(35-28(22)38)34-23-17-36(18-24(23)43-19-42-9)30(41)44-32(6,7)8/h10-16,20,23-24,27H,17-19H2,1-9H3,(H,34,35)(H,39,40)/t23-,24-,27?/m0/s1. The number of carbonyl (C=O) groups excluding carboxylic acids is 1. The molecule has 0 radical (unpaired) electrons. The Balaban J connectivity index is 1.81. The van der Waals surface area contributed by atoms with Crippen molar-refractivity contribution >= 4 is 29.5 Å². The minimum Gasteiger partial charge on any atom is -0.465 e. The number of hydrogen-bond acceptors (Lipinski definition) is 8. The van der Waals surface area contributed by atoms with Gasteiger partial charge in [0.1, 0.15) is 24.0 Å². The number of nitrogens with one attached hydrogen (secondary N) is 1. The lowest BCUT2D eigenvalue weighted by atomic mass is 9.81. The Bertz CT molecular complexity index is 1450. The summed E-state index contributed by atoms with van der Waals surface area (Å²) in [5.41, 5.74) is 1.15. The highest BCUT2D eigenvalue weighted by Crippen LogP contribution is 2.41. The van der Waals surface area contributed by atoms with Crippen molar-refractivity contribution in [2.45, 2.75) is 85.1 Å². The molecule has 3 aromatic rings. The van der Waals surface area contributed by atoms with Crippen molar-refractivity contribution in [3.8, 4) is 0 Å². The molecule has 3 heterocycles. The van der Waals surface area contributed by atoms with E-state index in [1.54, 1.807) is 21.7 Å². The number of aromatic nitrogens is 3. The highest BCUT2D eigenvalue weighted by Gasteiger charge is 2.40. The number of methoxy groups -OCH3 is 1. The number of carbonyl (C=O) groups is 2. The molecule has 12 nitrogen and oxygen atoms in total. The van der Waals surface area contributed by atoms with Crippen molar-refractivity contribution in [1.29, 1.82) is 0 Å². The van der Waals surface area contributed by atoms with Crippen LogP contribution in [0.5, 0.6) is 0 Å². The average Bonchev–Trinajstić information content (AvgIpc) is 3.53. The van der Waals surface area contributed by atoms with Gasteiger partial charge >= 0.3 is 12.2 Å². The molecule has 0 saturated carbocycles. The largest absolute Gasteiger partial charge is 0.465 e. The zero-order valence-electron chi connectivity index (χ0n) is 27.2. The molecule has 3 atom stereocenters. The van der Waals surface area contributed by atoms with Crippen LogP contribution in [0.15, 0.2) is 42.6 Å². The molecule has 2 aromatic heterocycles. The van der Waals surface area contributed by atoms with Crippen molar-refractivity contribution in [1.82, 2.24) is 19.5 Å². The molecule has 12 heteroatoms. The van der Waals surface area contributed by atoms with Gasteiger partial charge in [0.15, 0.2) is 5.65 Å². The lowest BCUT2D eigenvalue weighted by Crippen LogP contribution is -2.42. The first-order valence-electron chi connectivity index (χ1n) is 14.9. The molecule has 0 spiro atoms. The van der Waals surface area contributed by atoms with Gasteiger partial charge in [-0.15, -0.1) is 0 Å². The second-order valence-corrected chi connectivity index (χ2v) is 13.6. The van der Waals surface area contributed by atoms with Crippen LogP contribution >= 0.6 is 0 Å². The Hall–Kier alpha value is -3.90. The smallest absolute Gasteiger partial charge is 0.413 e. The van der Waals surface area contributed by atoms with Crippen molar-refractivity contribution in [2.24, 2.45) is 5.41 Å². The molecule has 1 saturated heterocycles. The normalized spacial score (nSPS) is 18.1. The fourth-order valence-corrected chi connectivity index (χ4v) is 5.53. The highest BCUT2D eigenvalue weighted by molar-refractivity contribution is 5.87. The molecular formula is C32H46N6O6. The fourth-order valence-electron chi connectivity index (χ4n) is 5.53. The lowest BCUT2D eigenvalue weighted by molar-refractivity contribution is -0.0699. The Morgan fingerprint density at radius 1 is 1.11 bits per heavy atom. The van der Waals surface area contributed by atoms with Crippen LogP contribution in [-0.4, -0.2) is 81.5 Å². The van der Waals surface area contributed by atoms with E-state index < -0.39 is 35.3 Å². The average molecular weight is 611 g/mol. The lowest BCUT2D eigenvalue weighted by Gasteiger charge is -2.39. The summed E-state index contributed by atoms with van der Waals surface area (Å²) in [4.78, 5) is 34.0. The molecule has 2 N–H and O–H groups in total. The third-order valence-electron chi connectivity index (χ3n) is 7.40. The summed E-state index contributed by atoms with van der Waals surface area (Å²) < 4.78 is 18.3. The first kappa shape index (κ1) is 33.0. The van der Waals surface area contributed by atoms with Gasteiger partial charge in [-0.1, -0.05) is 65.0 Å². The zero-order valence-corrected chi connectivity index (χ0v) is 27.2. The molecule has 2 amide bonds. The zero-order chi connectivity index (χ0) is 32.4. The number of fused-ring (bicyclic) bond motifs is 1. The molecule has 1 fully saturated rings. The molecule has 4 rings (SSSR count). The van der Waals surface area contributed by atoms with E-state index in [2.05, 4.69) is 10.4 Å². The van der Waals surface area contributed by atoms with Crippen LogP contribution in [-0.2, 0) is 14.2 Å². The molecule has 1 aliphatic rings. The third-order valence-corrected chi connectivity index (χ3v) is 7.40. The van der Waals surface area contributed by atoms with Gasteiger partial charge in [-0.2, -0.15) is 9.61 Å². The van der Waals surface area contributed by atoms with Crippen molar-refractivity contribution < 1.29 is 28.9 Å². The summed E-state index contributed by atoms with van der Waals surface area (Å²) in [5.74, 6) is 0.863. The van der Waals surface area contributed by atoms with Crippen LogP contribution in [0.2, 0.25) is 0 Å². The van der Waals surface area contributed by atoms with Crippen molar-refractivity contribution in [3.05, 3.63) is 53.7 Å². The van der Waals surface area contributed by atoms with Crippen molar-refractivity contribution in [3.63, 3.8) is 0 Å². The molecule has 1 aromatic carbocycles. The van der Waals surface area contributed by atoms with Crippen LogP contribution in [0.4, 0.5) is 21.2 Å². The maximum atomic E-state index is 13.2.